The van der Waals surface area contributed by atoms with Crippen LogP contribution >= 0.6 is 11.6 Å². The van der Waals surface area contributed by atoms with Crippen LogP contribution in [0.15, 0.2) is 59.0 Å². The van der Waals surface area contributed by atoms with Crippen LogP contribution < -0.4 is 5.32 Å². The van der Waals surface area contributed by atoms with Crippen LogP contribution in [0.25, 0.3) is 11.3 Å². The highest BCUT2D eigenvalue weighted by atomic mass is 35.5. The Labute approximate surface area is 155 Å². The van der Waals surface area contributed by atoms with Crippen molar-refractivity contribution in [2.75, 3.05) is 6.54 Å². The van der Waals surface area contributed by atoms with Gasteiger partial charge < -0.3 is 14.8 Å². The van der Waals surface area contributed by atoms with Crippen molar-refractivity contribution in [3.8, 4) is 11.3 Å². The summed E-state index contributed by atoms with van der Waals surface area (Å²) in [6.45, 7) is 1.24. The minimum Gasteiger partial charge on any atom is -0.478 e. The van der Waals surface area contributed by atoms with Crippen molar-refractivity contribution in [3.05, 3.63) is 82.3 Å². The fourth-order valence-corrected chi connectivity index (χ4v) is 2.77. The summed E-state index contributed by atoms with van der Waals surface area (Å²) in [5.41, 5.74) is 1.75. The monoisotopic (exact) mass is 373 g/mol. The van der Waals surface area contributed by atoms with Gasteiger partial charge >= 0.3 is 5.97 Å². The number of carboxylic acids is 1. The van der Waals surface area contributed by atoms with Crippen LogP contribution in [0.5, 0.6) is 0 Å². The molecule has 0 aliphatic carbocycles. The first kappa shape index (κ1) is 18.2. The number of aromatic carboxylic acids is 1. The predicted octanol–water partition coefficient (Wildman–Crippen LogP) is 4.77. The van der Waals surface area contributed by atoms with Gasteiger partial charge in [0.2, 0.25) is 0 Å². The molecule has 3 rings (SSSR count). The van der Waals surface area contributed by atoms with Crippen molar-refractivity contribution in [3.63, 3.8) is 0 Å². The summed E-state index contributed by atoms with van der Waals surface area (Å²) in [5, 5.41) is 12.8. The molecule has 0 spiro atoms. The highest BCUT2D eigenvalue weighted by molar-refractivity contribution is 6.33. The first-order chi connectivity index (χ1) is 12.5. The summed E-state index contributed by atoms with van der Waals surface area (Å²) in [4.78, 5) is 11.1. The van der Waals surface area contributed by atoms with E-state index in [0.717, 1.165) is 24.3 Å². The Bertz CT molecular complexity index is 906. The lowest BCUT2D eigenvalue weighted by Gasteiger charge is -2.04. The van der Waals surface area contributed by atoms with Crippen molar-refractivity contribution in [2.24, 2.45) is 0 Å². The summed E-state index contributed by atoms with van der Waals surface area (Å²) < 4.78 is 18.6. The Hall–Kier alpha value is -2.63. The number of carboxylic acid groups (broad SMARTS) is 1. The Morgan fingerprint density at radius 3 is 2.62 bits per heavy atom. The molecular formula is C20H17ClFNO3. The molecule has 6 heteroatoms. The van der Waals surface area contributed by atoms with Crippen LogP contribution in [0.4, 0.5) is 4.39 Å². The molecule has 0 bridgehead atoms. The second kappa shape index (κ2) is 8.17. The average Bonchev–Trinajstić information content (AvgIpc) is 3.09. The minimum atomic E-state index is -1.02. The number of hydrogen-bond acceptors (Lipinski definition) is 3. The van der Waals surface area contributed by atoms with E-state index in [4.69, 9.17) is 21.1 Å². The van der Waals surface area contributed by atoms with Crippen LogP contribution in [0, 0.1) is 5.82 Å². The smallest absolute Gasteiger partial charge is 0.335 e. The van der Waals surface area contributed by atoms with Gasteiger partial charge in [-0.3, -0.25) is 0 Å². The van der Waals surface area contributed by atoms with Crippen molar-refractivity contribution in [1.82, 2.24) is 5.32 Å². The van der Waals surface area contributed by atoms with Gasteiger partial charge in [-0.2, -0.15) is 0 Å². The van der Waals surface area contributed by atoms with Crippen molar-refractivity contribution in [2.45, 2.75) is 13.0 Å². The standard InChI is InChI=1S/C20H17ClFNO3/c21-18-7-3-14(20(24)25)11-17(18)19-8-6-16(26-19)12-23-10-9-13-1-4-15(22)5-2-13/h1-8,11,23H,9-10,12H2,(H,24,25). The summed E-state index contributed by atoms with van der Waals surface area (Å²) in [5.74, 6) is -0.0167. The molecular weight excluding hydrogens is 357 g/mol. The number of rotatable bonds is 7. The van der Waals surface area contributed by atoms with Gasteiger partial charge in [-0.1, -0.05) is 23.7 Å². The third kappa shape index (κ3) is 4.50. The molecule has 0 atom stereocenters. The summed E-state index contributed by atoms with van der Waals surface area (Å²) in [6, 6.07) is 14.5. The number of nitrogens with one attached hydrogen (secondary N) is 1. The SMILES string of the molecule is O=C(O)c1ccc(Cl)c(-c2ccc(CNCCc3ccc(F)cc3)o2)c1. The highest BCUT2D eigenvalue weighted by Crippen LogP contribution is 2.30. The lowest BCUT2D eigenvalue weighted by atomic mass is 10.1. The molecule has 26 heavy (non-hydrogen) atoms. The molecule has 2 N–H and O–H groups in total. The maximum Gasteiger partial charge on any atom is 0.335 e. The van der Waals surface area contributed by atoms with E-state index < -0.39 is 5.97 Å². The Morgan fingerprint density at radius 1 is 1.12 bits per heavy atom. The van der Waals surface area contributed by atoms with Crippen molar-refractivity contribution in [1.29, 1.82) is 0 Å². The van der Waals surface area contributed by atoms with E-state index in [-0.39, 0.29) is 11.4 Å². The Balaban J connectivity index is 1.59. The molecule has 0 unspecified atom stereocenters. The van der Waals surface area contributed by atoms with Crippen molar-refractivity contribution >= 4 is 17.6 Å². The Kier molecular flexibility index (Phi) is 5.71. The molecule has 0 fully saturated rings. The molecule has 134 valence electrons. The van der Waals surface area contributed by atoms with E-state index in [1.54, 1.807) is 24.3 Å². The van der Waals surface area contributed by atoms with Gasteiger partial charge in [0, 0.05) is 5.56 Å². The van der Waals surface area contributed by atoms with E-state index in [0.29, 0.717) is 22.9 Å². The molecule has 0 aliphatic rings. The molecule has 0 radical (unpaired) electrons. The van der Waals surface area contributed by atoms with Gasteiger partial charge in [-0.25, -0.2) is 9.18 Å². The lowest BCUT2D eigenvalue weighted by molar-refractivity contribution is 0.0697. The summed E-state index contributed by atoms with van der Waals surface area (Å²) >= 11 is 6.16. The molecule has 1 heterocycles. The van der Waals surface area contributed by atoms with Crippen LogP contribution in [0.1, 0.15) is 21.7 Å². The molecule has 2 aromatic carbocycles. The molecule has 4 nitrogen and oxygen atoms in total. The van der Waals surface area contributed by atoms with Gasteiger partial charge in [0.05, 0.1) is 17.1 Å². The van der Waals surface area contributed by atoms with E-state index in [9.17, 15) is 9.18 Å². The number of furan rings is 1. The molecule has 1 aromatic heterocycles. The van der Waals surface area contributed by atoms with Gasteiger partial charge in [0.15, 0.2) is 0 Å². The minimum absolute atomic E-state index is 0.153. The second-order valence-corrected chi connectivity index (χ2v) is 6.23. The van der Waals surface area contributed by atoms with Gasteiger partial charge in [0.1, 0.15) is 17.3 Å². The number of benzene rings is 2. The van der Waals surface area contributed by atoms with Crippen LogP contribution in [-0.4, -0.2) is 17.6 Å². The molecule has 0 saturated heterocycles. The van der Waals surface area contributed by atoms with Crippen molar-refractivity contribution < 1.29 is 18.7 Å². The first-order valence-electron chi connectivity index (χ1n) is 8.10. The number of hydrogen-bond donors (Lipinski definition) is 2. The van der Waals surface area contributed by atoms with Crippen LogP contribution in [0.2, 0.25) is 5.02 Å². The van der Waals surface area contributed by atoms with Gasteiger partial charge in [0.25, 0.3) is 0 Å². The van der Waals surface area contributed by atoms with Crippen LogP contribution in [0.3, 0.4) is 0 Å². The zero-order valence-electron chi connectivity index (χ0n) is 13.8. The van der Waals surface area contributed by atoms with Gasteiger partial charge in [-0.05, 0) is 61.0 Å². The molecule has 0 saturated carbocycles. The quantitative estimate of drug-likeness (QED) is 0.585. The fourth-order valence-electron chi connectivity index (χ4n) is 2.56. The molecule has 0 amide bonds. The summed E-state index contributed by atoms with van der Waals surface area (Å²) in [6.07, 6.45) is 0.778. The molecule has 3 aromatic rings. The largest absolute Gasteiger partial charge is 0.478 e. The second-order valence-electron chi connectivity index (χ2n) is 5.82. The van der Waals surface area contributed by atoms with E-state index in [2.05, 4.69) is 5.32 Å². The van der Waals surface area contributed by atoms with Gasteiger partial charge in [-0.15, -0.1) is 0 Å². The fraction of sp³-hybridized carbons (Fsp3) is 0.150. The van der Waals surface area contributed by atoms with Crippen LogP contribution in [-0.2, 0) is 13.0 Å². The Morgan fingerprint density at radius 2 is 1.88 bits per heavy atom. The number of carbonyl (C=O) groups is 1. The average molecular weight is 374 g/mol. The molecule has 0 aliphatic heterocycles. The third-order valence-electron chi connectivity index (χ3n) is 3.94. The lowest BCUT2D eigenvalue weighted by Crippen LogP contribution is -2.16. The zero-order valence-corrected chi connectivity index (χ0v) is 14.6. The number of halogens is 2. The normalized spacial score (nSPS) is 10.8. The highest BCUT2D eigenvalue weighted by Gasteiger charge is 2.12. The van der Waals surface area contributed by atoms with E-state index in [1.165, 1.54) is 24.3 Å². The van der Waals surface area contributed by atoms with E-state index >= 15 is 0 Å². The van der Waals surface area contributed by atoms with E-state index in [1.807, 2.05) is 6.07 Å². The third-order valence-corrected chi connectivity index (χ3v) is 4.27. The maximum absolute atomic E-state index is 12.9. The topological polar surface area (TPSA) is 62.5 Å². The summed E-state index contributed by atoms with van der Waals surface area (Å²) in [7, 11) is 0. The zero-order chi connectivity index (χ0) is 18.5. The predicted molar refractivity (Wildman–Crippen MR) is 97.9 cm³/mol. The maximum atomic E-state index is 12.9. The first-order valence-corrected chi connectivity index (χ1v) is 8.48.